The number of hydrogen-bond donors (Lipinski definition) is 5. The molecule has 5 atom stereocenters. The molecule has 2 aliphatic rings. The van der Waals surface area contributed by atoms with Crippen molar-refractivity contribution < 1.29 is 48.6 Å². The number of nitrogens with one attached hydrogen (secondary N) is 1. The largest absolute Gasteiger partial charge is 0.479 e. The normalized spacial score (nSPS) is 24.0. The summed E-state index contributed by atoms with van der Waals surface area (Å²) in [5.41, 5.74) is 5.35. The molecule has 238 valence electrons. The van der Waals surface area contributed by atoms with Gasteiger partial charge in [-0.1, -0.05) is 12.1 Å². The minimum Gasteiger partial charge on any atom is -0.479 e. The molecule has 4 heterocycles. The maximum atomic E-state index is 14.0. The quantitative estimate of drug-likeness (QED) is 0.175. The molecule has 0 spiro atoms. The highest BCUT2D eigenvalue weighted by Gasteiger charge is 2.48. The minimum atomic E-state index is -1.91. The van der Waals surface area contributed by atoms with Crippen LogP contribution in [0.15, 0.2) is 66.9 Å². The number of aromatic amines is 1. The number of aliphatic carboxylic acids is 1. The molecule has 2 aromatic heterocycles. The van der Waals surface area contributed by atoms with Crippen LogP contribution >= 0.6 is 0 Å². The number of halogens is 1. The molecule has 0 bridgehead atoms. The van der Waals surface area contributed by atoms with Gasteiger partial charge in [-0.15, -0.1) is 0 Å². The van der Waals surface area contributed by atoms with Crippen LogP contribution in [0.3, 0.4) is 0 Å². The lowest BCUT2D eigenvalue weighted by atomic mass is 9.89. The molecule has 0 saturated carbocycles. The maximum absolute atomic E-state index is 14.0. The van der Waals surface area contributed by atoms with Crippen molar-refractivity contribution in [2.75, 3.05) is 13.2 Å². The van der Waals surface area contributed by atoms with Gasteiger partial charge in [0.2, 0.25) is 6.29 Å². The zero-order chi connectivity index (χ0) is 32.1. The molecular formula is C33H30FN3O9. The summed E-state index contributed by atoms with van der Waals surface area (Å²) in [5.74, 6) is -2.75. The number of nitrogens with zero attached hydrogens (tertiary/aromatic N) is 2. The van der Waals surface area contributed by atoms with Crippen LogP contribution < -0.4 is 0 Å². The molecule has 2 fully saturated rings. The second-order valence-corrected chi connectivity index (χ2v) is 11.5. The van der Waals surface area contributed by atoms with Gasteiger partial charge in [-0.05, 0) is 66.9 Å². The molecule has 2 saturated heterocycles. The average Bonchev–Trinajstić information content (AvgIpc) is 3.66. The van der Waals surface area contributed by atoms with E-state index in [1.807, 2.05) is 12.1 Å². The number of H-pyrrole nitrogens is 1. The molecule has 3 aromatic carbocycles. The summed E-state index contributed by atoms with van der Waals surface area (Å²) in [6.07, 6.45) is -6.11. The van der Waals surface area contributed by atoms with Gasteiger partial charge in [0.1, 0.15) is 24.1 Å². The van der Waals surface area contributed by atoms with E-state index in [1.165, 1.54) is 24.3 Å². The van der Waals surface area contributed by atoms with Crippen molar-refractivity contribution in [1.82, 2.24) is 14.8 Å². The Morgan fingerprint density at radius 3 is 2.37 bits per heavy atom. The molecule has 1 unspecified atom stereocenters. The van der Waals surface area contributed by atoms with Crippen LogP contribution in [-0.2, 0) is 19.0 Å². The van der Waals surface area contributed by atoms with Crippen molar-refractivity contribution in [3.8, 4) is 16.8 Å². The van der Waals surface area contributed by atoms with E-state index in [-0.39, 0.29) is 17.3 Å². The number of carbonyl (C=O) groups is 2. The lowest BCUT2D eigenvalue weighted by Gasteiger charge is -2.37. The topological polar surface area (TPSA) is 176 Å². The fourth-order valence-electron chi connectivity index (χ4n) is 6.37. The van der Waals surface area contributed by atoms with Gasteiger partial charge >= 0.3 is 11.9 Å². The van der Waals surface area contributed by atoms with Crippen LogP contribution in [-0.4, -0.2) is 91.0 Å². The molecular weight excluding hydrogens is 601 g/mol. The van der Waals surface area contributed by atoms with Gasteiger partial charge in [-0.2, -0.15) is 5.10 Å². The van der Waals surface area contributed by atoms with Gasteiger partial charge in [-0.25, -0.2) is 14.0 Å². The molecule has 0 aliphatic carbocycles. The predicted molar refractivity (Wildman–Crippen MR) is 161 cm³/mol. The van der Waals surface area contributed by atoms with Crippen molar-refractivity contribution in [2.24, 2.45) is 0 Å². The van der Waals surface area contributed by atoms with Crippen molar-refractivity contribution in [3.05, 3.63) is 83.9 Å². The number of hydrogen-bond acceptors (Lipinski definition) is 9. The Labute approximate surface area is 260 Å². The Kier molecular flexibility index (Phi) is 7.79. The second kappa shape index (κ2) is 11.9. The van der Waals surface area contributed by atoms with Crippen molar-refractivity contribution in [3.63, 3.8) is 0 Å². The number of fused-ring (bicyclic) bond motifs is 2. The zero-order valence-corrected chi connectivity index (χ0v) is 24.2. The summed E-state index contributed by atoms with van der Waals surface area (Å²) in [4.78, 5) is 24.5. The van der Waals surface area contributed by atoms with E-state index in [9.17, 15) is 34.4 Å². The van der Waals surface area contributed by atoms with Crippen LogP contribution in [0.1, 0.15) is 34.8 Å². The fraction of sp³-hybridized carbons (Fsp3) is 0.303. The molecule has 7 rings (SSSR count). The summed E-state index contributed by atoms with van der Waals surface area (Å²) in [7, 11) is 0. The second-order valence-electron chi connectivity index (χ2n) is 11.5. The molecule has 46 heavy (non-hydrogen) atoms. The Morgan fingerprint density at radius 2 is 1.67 bits per heavy atom. The Hall–Kier alpha value is -4.66. The van der Waals surface area contributed by atoms with Gasteiger partial charge in [0.05, 0.1) is 22.8 Å². The van der Waals surface area contributed by atoms with E-state index in [2.05, 4.69) is 14.8 Å². The third-order valence-corrected chi connectivity index (χ3v) is 8.70. The summed E-state index contributed by atoms with van der Waals surface area (Å²) in [6, 6.07) is 17.0. The third-order valence-electron chi connectivity index (χ3n) is 8.70. The Balaban J connectivity index is 1.30. The average molecular weight is 632 g/mol. The van der Waals surface area contributed by atoms with Crippen LogP contribution in [0.25, 0.3) is 38.6 Å². The smallest absolute Gasteiger partial charge is 0.340 e. The van der Waals surface area contributed by atoms with Crippen LogP contribution in [0.5, 0.6) is 0 Å². The van der Waals surface area contributed by atoms with Gasteiger partial charge < -0.3 is 39.2 Å². The number of rotatable bonds is 6. The number of benzene rings is 3. The van der Waals surface area contributed by atoms with Crippen molar-refractivity contribution in [2.45, 2.75) is 49.5 Å². The van der Waals surface area contributed by atoms with E-state index in [4.69, 9.17) is 14.2 Å². The number of aliphatic hydroxyl groups excluding tert-OH is 3. The lowest BCUT2D eigenvalue weighted by Crippen LogP contribution is -2.60. The van der Waals surface area contributed by atoms with Crippen LogP contribution in [0, 0.1) is 5.82 Å². The monoisotopic (exact) mass is 631 g/mol. The Bertz CT molecular complexity index is 1920. The highest BCUT2D eigenvalue weighted by atomic mass is 19.1. The molecule has 12 nitrogen and oxygen atoms in total. The first kappa shape index (κ1) is 30.0. The maximum Gasteiger partial charge on any atom is 0.340 e. The number of aliphatic hydroxyl groups is 3. The number of carbonyl (C=O) groups excluding carboxylic acids is 1. The van der Waals surface area contributed by atoms with Gasteiger partial charge in [0.15, 0.2) is 6.10 Å². The number of aromatic nitrogens is 3. The van der Waals surface area contributed by atoms with E-state index in [1.54, 1.807) is 30.5 Å². The lowest BCUT2D eigenvalue weighted by molar-refractivity contribution is -0.278. The fourth-order valence-corrected chi connectivity index (χ4v) is 6.37. The summed E-state index contributed by atoms with van der Waals surface area (Å²) >= 11 is 0. The van der Waals surface area contributed by atoms with E-state index < -0.39 is 42.6 Å². The first-order chi connectivity index (χ1) is 22.2. The third kappa shape index (κ3) is 5.21. The first-order valence-corrected chi connectivity index (χ1v) is 14.8. The molecule has 0 amide bonds. The van der Waals surface area contributed by atoms with Gasteiger partial charge in [-0.3, -0.25) is 5.10 Å². The molecule has 2 aliphatic heterocycles. The Morgan fingerprint density at radius 1 is 0.957 bits per heavy atom. The van der Waals surface area contributed by atoms with E-state index >= 15 is 0 Å². The van der Waals surface area contributed by atoms with Crippen molar-refractivity contribution >= 4 is 33.7 Å². The van der Waals surface area contributed by atoms with E-state index in [0.717, 1.165) is 57.2 Å². The standard InChI is InChI=1S/C33H30FN3O9/c34-20-5-7-21(8-6-20)37-24-13-19-15-35-36-23(19)14-22(24)25(26(37)17-9-11-44-12-10-17)16-1-3-18(4-2-16)32(43)46-33-29(40)27(38)28(39)30(45-33)31(41)42/h1-8,13-15,17,27-30,33,38-40H,9-12H2,(H,35,36)(H,41,42)/t27-,28-,29+,30-,33?/m0/s1. The summed E-state index contributed by atoms with van der Waals surface area (Å²) in [5, 5.41) is 48.6. The number of ether oxygens (including phenoxy) is 3. The molecule has 0 radical (unpaired) electrons. The SMILES string of the molecule is O=C(OC1O[C@H](C(=O)O)[C@@H](O)[C@H](O)[C@H]1O)c1ccc(-c2c(C3CCOCC3)n(-c3ccc(F)cc3)c3cc4cn[nH]c4cc23)cc1. The highest BCUT2D eigenvalue weighted by Crippen LogP contribution is 2.44. The minimum absolute atomic E-state index is 0.0814. The van der Waals surface area contributed by atoms with Gasteiger partial charge in [0, 0.05) is 46.8 Å². The predicted octanol–water partition coefficient (Wildman–Crippen LogP) is 3.26. The first-order valence-electron chi connectivity index (χ1n) is 14.8. The summed E-state index contributed by atoms with van der Waals surface area (Å²) in [6.45, 7) is 1.18. The number of esters is 1. The van der Waals surface area contributed by atoms with Crippen molar-refractivity contribution in [1.29, 1.82) is 0 Å². The molecule has 5 N–H and O–H groups in total. The molecule has 13 heteroatoms. The highest BCUT2D eigenvalue weighted by molar-refractivity contribution is 6.06. The van der Waals surface area contributed by atoms with Gasteiger partial charge in [0.25, 0.3) is 0 Å². The number of carboxylic acids is 1. The number of carboxylic acid groups (broad SMARTS) is 1. The molecule has 5 aromatic rings. The van der Waals surface area contributed by atoms with Crippen LogP contribution in [0.4, 0.5) is 4.39 Å². The van der Waals surface area contributed by atoms with E-state index in [0.29, 0.717) is 13.2 Å². The summed E-state index contributed by atoms with van der Waals surface area (Å²) < 4.78 is 32.2. The van der Waals surface area contributed by atoms with Crippen LogP contribution in [0.2, 0.25) is 0 Å². The zero-order valence-electron chi connectivity index (χ0n) is 24.2.